The molecule has 0 unspecified atom stereocenters. The van der Waals surface area contributed by atoms with Gasteiger partial charge < -0.3 is 19.7 Å². The lowest BCUT2D eigenvalue weighted by Gasteiger charge is -2.05. The maximum Gasteiger partial charge on any atom is 0.315 e. The Kier molecular flexibility index (Phi) is 7.82. The maximum absolute atomic E-state index is 12.1. The van der Waals surface area contributed by atoms with Crippen molar-refractivity contribution in [2.45, 2.75) is 6.42 Å². The molecule has 0 fully saturated rings. The van der Waals surface area contributed by atoms with Gasteiger partial charge in [0.25, 0.3) is 0 Å². The van der Waals surface area contributed by atoms with E-state index in [-0.39, 0.29) is 22.6 Å². The number of hydrogen-bond acceptors (Lipinski definition) is 10. The summed E-state index contributed by atoms with van der Waals surface area (Å²) in [6.45, 7) is 0. The minimum absolute atomic E-state index is 0.159. The Balaban J connectivity index is 2.14. The minimum Gasteiger partial charge on any atom is -0.500 e. The van der Waals surface area contributed by atoms with Crippen LogP contribution in [0.25, 0.3) is 12.2 Å². The van der Waals surface area contributed by atoms with Gasteiger partial charge in [0.15, 0.2) is 23.1 Å². The van der Waals surface area contributed by atoms with Crippen LogP contribution in [0.5, 0.6) is 23.0 Å². The molecule has 0 heterocycles. The van der Waals surface area contributed by atoms with E-state index in [4.69, 9.17) is 9.47 Å². The molecule has 12 nitrogen and oxygen atoms in total. The molecule has 2 aromatic carbocycles. The van der Waals surface area contributed by atoms with E-state index in [0.717, 1.165) is 24.3 Å². The Morgan fingerprint density at radius 3 is 1.48 bits per heavy atom. The zero-order valence-corrected chi connectivity index (χ0v) is 17.4. The number of carbonyl (C=O) groups is 2. The lowest BCUT2D eigenvalue weighted by atomic mass is 10.1. The highest BCUT2D eigenvalue weighted by molar-refractivity contribution is 6.11. The van der Waals surface area contributed by atoms with E-state index in [1.165, 1.54) is 38.5 Å². The third-order valence-corrected chi connectivity index (χ3v) is 4.26. The number of aromatic hydroxyl groups is 2. The smallest absolute Gasteiger partial charge is 0.315 e. The lowest BCUT2D eigenvalue weighted by molar-refractivity contribution is -0.386. The molecular formula is C21H18N2O10. The molecule has 2 rings (SSSR count). The summed E-state index contributed by atoms with van der Waals surface area (Å²) in [4.78, 5) is 44.6. The predicted octanol–water partition coefficient (Wildman–Crippen LogP) is 3.19. The fourth-order valence-corrected chi connectivity index (χ4v) is 2.68. The second-order valence-electron chi connectivity index (χ2n) is 6.47. The number of benzene rings is 2. The molecule has 2 N–H and O–H groups in total. The SMILES string of the molecule is COc1cc(/C=C/C(=O)CC(=O)/C=C/c2cc(OC)c(O)c([N+](=O)[O-])c2)cc([N+](=O)[O-])c1O. The first-order valence-electron chi connectivity index (χ1n) is 9.10. The van der Waals surface area contributed by atoms with Crippen LogP contribution < -0.4 is 9.47 Å². The number of nitro benzene ring substituents is 2. The summed E-state index contributed by atoms with van der Waals surface area (Å²) in [6.07, 6.45) is 3.98. The molecule has 0 saturated heterocycles. The number of rotatable bonds is 10. The van der Waals surface area contributed by atoms with Crippen LogP contribution >= 0.6 is 0 Å². The maximum atomic E-state index is 12.1. The van der Waals surface area contributed by atoms with Gasteiger partial charge in [0.1, 0.15) is 0 Å². The second-order valence-corrected chi connectivity index (χ2v) is 6.47. The van der Waals surface area contributed by atoms with Crippen LogP contribution in [0, 0.1) is 20.2 Å². The fourth-order valence-electron chi connectivity index (χ4n) is 2.68. The summed E-state index contributed by atoms with van der Waals surface area (Å²) in [5, 5.41) is 41.6. The molecule has 0 amide bonds. The van der Waals surface area contributed by atoms with E-state index in [2.05, 4.69) is 0 Å². The molecule has 0 saturated carbocycles. The normalized spacial score (nSPS) is 11.0. The van der Waals surface area contributed by atoms with E-state index < -0.39 is 50.7 Å². The largest absolute Gasteiger partial charge is 0.500 e. The Bertz CT molecular complexity index is 1090. The highest BCUT2D eigenvalue weighted by atomic mass is 16.6. The predicted molar refractivity (Wildman–Crippen MR) is 115 cm³/mol. The first-order valence-corrected chi connectivity index (χ1v) is 9.10. The van der Waals surface area contributed by atoms with Crippen LogP contribution in [0.1, 0.15) is 17.5 Å². The first-order chi connectivity index (χ1) is 15.6. The molecule has 0 bridgehead atoms. The topological polar surface area (TPSA) is 179 Å². The zero-order chi connectivity index (χ0) is 24.7. The van der Waals surface area contributed by atoms with E-state index in [1.54, 1.807) is 0 Å². The zero-order valence-electron chi connectivity index (χ0n) is 17.4. The van der Waals surface area contributed by atoms with Crippen molar-refractivity contribution < 1.29 is 39.1 Å². The molecule has 0 radical (unpaired) electrons. The summed E-state index contributed by atoms with van der Waals surface area (Å²) >= 11 is 0. The third-order valence-electron chi connectivity index (χ3n) is 4.26. The number of phenolic OH excluding ortho intramolecular Hbond substituents is 2. The van der Waals surface area contributed by atoms with Crippen molar-refractivity contribution in [1.29, 1.82) is 0 Å². The number of phenols is 2. The van der Waals surface area contributed by atoms with Gasteiger partial charge in [-0.15, -0.1) is 0 Å². The van der Waals surface area contributed by atoms with Gasteiger partial charge in [-0.05, 0) is 35.4 Å². The van der Waals surface area contributed by atoms with Crippen molar-refractivity contribution >= 4 is 35.1 Å². The number of carbonyl (C=O) groups excluding carboxylic acids is 2. The van der Waals surface area contributed by atoms with Crippen molar-refractivity contribution in [3.8, 4) is 23.0 Å². The molecule has 2 aromatic rings. The van der Waals surface area contributed by atoms with E-state index >= 15 is 0 Å². The molecule has 12 heteroatoms. The highest BCUT2D eigenvalue weighted by Crippen LogP contribution is 2.38. The Labute approximate surface area is 186 Å². The van der Waals surface area contributed by atoms with Crippen LogP contribution in [-0.4, -0.2) is 45.8 Å². The summed E-state index contributed by atoms with van der Waals surface area (Å²) in [6, 6.07) is 4.63. The number of ketones is 2. The third kappa shape index (κ3) is 6.13. The Morgan fingerprint density at radius 1 is 0.818 bits per heavy atom. The quantitative estimate of drug-likeness (QED) is 0.232. The van der Waals surface area contributed by atoms with Crippen molar-refractivity contribution in [1.82, 2.24) is 0 Å². The number of nitrogens with zero attached hydrogens (tertiary/aromatic N) is 2. The van der Waals surface area contributed by atoms with Crippen molar-refractivity contribution in [2.75, 3.05) is 14.2 Å². The number of allylic oxidation sites excluding steroid dienone is 2. The van der Waals surface area contributed by atoms with Gasteiger partial charge in [-0.25, -0.2) is 0 Å². The van der Waals surface area contributed by atoms with Gasteiger partial charge >= 0.3 is 11.4 Å². The number of ether oxygens (including phenoxy) is 2. The molecule has 0 aliphatic heterocycles. The standard InChI is InChI=1S/C21H18N2O10/c1-32-18-9-12(7-16(20(18)26)22(28)29)3-5-14(24)11-15(25)6-4-13-8-17(23(30)31)21(27)19(10-13)33-2/h3-10,26-27H,11H2,1-2H3/b5-3+,6-4+. The highest BCUT2D eigenvalue weighted by Gasteiger charge is 2.20. The summed E-state index contributed by atoms with van der Waals surface area (Å²) < 4.78 is 9.73. The van der Waals surface area contributed by atoms with Gasteiger partial charge in [-0.1, -0.05) is 12.2 Å². The fraction of sp³-hybridized carbons (Fsp3) is 0.143. The van der Waals surface area contributed by atoms with Gasteiger partial charge in [0.05, 0.1) is 30.5 Å². The average molecular weight is 458 g/mol. The molecule has 0 atom stereocenters. The summed E-state index contributed by atoms with van der Waals surface area (Å²) in [5.41, 5.74) is -0.842. The molecule has 0 aliphatic rings. The van der Waals surface area contributed by atoms with Crippen molar-refractivity contribution in [3.05, 3.63) is 67.8 Å². The van der Waals surface area contributed by atoms with Crippen LogP contribution in [0.4, 0.5) is 11.4 Å². The lowest BCUT2D eigenvalue weighted by Crippen LogP contribution is -2.02. The molecule has 172 valence electrons. The average Bonchev–Trinajstić information content (AvgIpc) is 2.77. The van der Waals surface area contributed by atoms with Crippen LogP contribution in [0.3, 0.4) is 0 Å². The van der Waals surface area contributed by atoms with Gasteiger partial charge in [-0.3, -0.25) is 29.8 Å². The van der Waals surface area contributed by atoms with Crippen molar-refractivity contribution in [2.24, 2.45) is 0 Å². The monoisotopic (exact) mass is 458 g/mol. The van der Waals surface area contributed by atoms with Crippen molar-refractivity contribution in [3.63, 3.8) is 0 Å². The first kappa shape index (κ1) is 24.5. The molecule has 0 aromatic heterocycles. The summed E-state index contributed by atoms with van der Waals surface area (Å²) in [7, 11) is 2.42. The number of hydrogen-bond donors (Lipinski definition) is 2. The van der Waals surface area contributed by atoms with Gasteiger partial charge in [0, 0.05) is 12.1 Å². The van der Waals surface area contributed by atoms with Gasteiger partial charge in [0.2, 0.25) is 11.5 Å². The van der Waals surface area contributed by atoms with E-state index in [0.29, 0.717) is 0 Å². The Hall–Kier alpha value is -4.74. The van der Waals surface area contributed by atoms with E-state index in [9.17, 15) is 40.0 Å². The molecule has 0 spiro atoms. The Morgan fingerprint density at radius 2 is 1.18 bits per heavy atom. The van der Waals surface area contributed by atoms with Crippen LogP contribution in [0.15, 0.2) is 36.4 Å². The van der Waals surface area contributed by atoms with Gasteiger partial charge in [-0.2, -0.15) is 0 Å². The van der Waals surface area contributed by atoms with Crippen LogP contribution in [0.2, 0.25) is 0 Å². The molecular weight excluding hydrogens is 440 g/mol. The molecule has 0 aliphatic carbocycles. The van der Waals surface area contributed by atoms with Crippen LogP contribution in [-0.2, 0) is 9.59 Å². The summed E-state index contributed by atoms with van der Waals surface area (Å²) in [5.74, 6) is -2.86. The minimum atomic E-state index is -0.812. The molecule has 33 heavy (non-hydrogen) atoms. The van der Waals surface area contributed by atoms with E-state index in [1.807, 2.05) is 0 Å². The number of nitro groups is 2. The second kappa shape index (κ2) is 10.5. The number of methoxy groups -OCH3 is 2.